The molecule has 0 aliphatic rings. The molecule has 0 unspecified atom stereocenters. The van der Waals surface area contributed by atoms with Gasteiger partial charge in [-0.05, 0) is 73.8 Å². The minimum Gasteiger partial charge on any atom is -0.358 e. The van der Waals surface area contributed by atoms with E-state index in [4.69, 9.17) is 0 Å². The van der Waals surface area contributed by atoms with Crippen molar-refractivity contribution in [2.24, 2.45) is 0 Å². The number of imidazole rings is 1. The van der Waals surface area contributed by atoms with E-state index in [1.165, 1.54) is 22.7 Å². The summed E-state index contributed by atoms with van der Waals surface area (Å²) in [5.74, 6) is -0.885. The highest BCUT2D eigenvalue weighted by atomic mass is 127. The minimum atomic E-state index is -3.74. The van der Waals surface area contributed by atoms with Crippen LogP contribution < -0.4 is 0 Å². The molecule has 0 atom stereocenters. The molecule has 7 nitrogen and oxygen atoms in total. The summed E-state index contributed by atoms with van der Waals surface area (Å²) in [4.78, 5) is 15.0. The van der Waals surface area contributed by atoms with Crippen LogP contribution in [-0.2, 0) is 15.6 Å². The van der Waals surface area contributed by atoms with Crippen molar-refractivity contribution < 1.29 is 13.3 Å². The van der Waals surface area contributed by atoms with E-state index < -0.39 is 20.5 Å². The lowest BCUT2D eigenvalue weighted by atomic mass is 10.4. The van der Waals surface area contributed by atoms with Gasteiger partial charge in [-0.1, -0.05) is 0 Å². The number of benzene rings is 1. The first kappa shape index (κ1) is 17.3. The smallest absolute Gasteiger partial charge is 0.352 e. The lowest BCUT2D eigenvalue weighted by Crippen LogP contribution is -2.07. The van der Waals surface area contributed by atoms with Crippen LogP contribution in [0.15, 0.2) is 52.0 Å². The summed E-state index contributed by atoms with van der Waals surface area (Å²) in [5, 5.41) is 11.4. The average molecular weight is 522 g/mol. The molecule has 0 aliphatic carbocycles. The van der Waals surface area contributed by atoms with Crippen LogP contribution in [0, 0.1) is 13.7 Å². The van der Waals surface area contributed by atoms with Crippen LogP contribution in [0.25, 0.3) is 5.65 Å². The number of rotatable bonds is 4. The quantitative estimate of drug-likeness (QED) is 0.297. The molecule has 0 bridgehead atoms. The van der Waals surface area contributed by atoms with Crippen molar-refractivity contribution >= 4 is 59.8 Å². The Labute approximate surface area is 159 Å². The molecule has 0 aliphatic heterocycles. The van der Waals surface area contributed by atoms with Gasteiger partial charge in [0.25, 0.3) is 0 Å². The zero-order valence-corrected chi connectivity index (χ0v) is 16.4. The summed E-state index contributed by atoms with van der Waals surface area (Å²) in [6.45, 7) is 0. The van der Waals surface area contributed by atoms with Gasteiger partial charge in [0.2, 0.25) is 5.65 Å². The first-order chi connectivity index (χ1) is 11.3. The molecule has 0 amide bonds. The van der Waals surface area contributed by atoms with Gasteiger partial charge in [-0.25, -0.2) is 13.4 Å². The van der Waals surface area contributed by atoms with Crippen LogP contribution in [0.5, 0.6) is 0 Å². The second kappa shape index (κ2) is 6.41. The topological polar surface area (TPSA) is 94.6 Å². The summed E-state index contributed by atoms with van der Waals surface area (Å²) in [6, 6.07) is 9.57. The van der Waals surface area contributed by atoms with Crippen LogP contribution in [-0.4, -0.2) is 22.7 Å². The summed E-state index contributed by atoms with van der Waals surface area (Å²) >= 11 is 5.31. The number of hydrogen-bond acceptors (Lipinski definition) is 5. The van der Waals surface area contributed by atoms with E-state index in [0.29, 0.717) is 10.1 Å². The lowest BCUT2D eigenvalue weighted by molar-refractivity contribution is -0.391. The maximum atomic E-state index is 12.5. The van der Waals surface area contributed by atoms with Gasteiger partial charge >= 0.3 is 5.82 Å². The normalized spacial score (nSPS) is 11.8. The molecule has 3 rings (SSSR count). The first-order valence-corrected chi connectivity index (χ1v) is 10.1. The fourth-order valence-electron chi connectivity index (χ4n) is 2.25. The van der Waals surface area contributed by atoms with Crippen molar-refractivity contribution in [3.8, 4) is 0 Å². The highest BCUT2D eigenvalue weighted by molar-refractivity contribution is 14.1. The van der Waals surface area contributed by atoms with Gasteiger partial charge in [0.05, 0.1) is 9.37 Å². The maximum Gasteiger partial charge on any atom is 0.352 e. The number of nitro groups is 1. The van der Waals surface area contributed by atoms with Gasteiger partial charge in [0, 0.05) is 9.64 Å². The van der Waals surface area contributed by atoms with E-state index in [9.17, 15) is 18.5 Å². The highest BCUT2D eigenvalue weighted by Crippen LogP contribution is 2.26. The Morgan fingerprint density at radius 1 is 1.21 bits per heavy atom. The summed E-state index contributed by atoms with van der Waals surface area (Å²) in [7, 11) is -3.74. The number of sulfone groups is 1. The third-order valence-electron chi connectivity index (χ3n) is 3.30. The summed E-state index contributed by atoms with van der Waals surface area (Å²) < 4.78 is 27.9. The highest BCUT2D eigenvalue weighted by Gasteiger charge is 2.28. The molecular formula is C14H9BrIN3O4S. The molecule has 0 radical (unpaired) electrons. The van der Waals surface area contributed by atoms with Crippen molar-refractivity contribution in [1.29, 1.82) is 0 Å². The second-order valence-electron chi connectivity index (χ2n) is 4.93. The Balaban J connectivity index is 2.11. The van der Waals surface area contributed by atoms with E-state index >= 15 is 0 Å². The second-order valence-corrected chi connectivity index (χ2v) is 9.08. The van der Waals surface area contributed by atoms with E-state index in [2.05, 4.69) is 43.5 Å². The van der Waals surface area contributed by atoms with Gasteiger partial charge in [-0.15, -0.1) is 0 Å². The molecule has 0 spiro atoms. The van der Waals surface area contributed by atoms with Gasteiger partial charge in [0.15, 0.2) is 15.5 Å². The van der Waals surface area contributed by atoms with Crippen molar-refractivity contribution in [2.75, 3.05) is 0 Å². The third kappa shape index (κ3) is 3.30. The monoisotopic (exact) mass is 521 g/mol. The Hall–Kier alpha value is -1.53. The fraction of sp³-hybridized carbons (Fsp3) is 0.0714. The van der Waals surface area contributed by atoms with Crippen molar-refractivity contribution in [1.82, 2.24) is 9.38 Å². The van der Waals surface area contributed by atoms with Crippen LogP contribution in [0.1, 0.15) is 5.69 Å². The molecule has 0 N–H and O–H groups in total. The zero-order chi connectivity index (χ0) is 17.5. The summed E-state index contributed by atoms with van der Waals surface area (Å²) in [5.41, 5.74) is 0.231. The maximum absolute atomic E-state index is 12.5. The minimum absolute atomic E-state index is 0.0864. The lowest BCUT2D eigenvalue weighted by Gasteiger charge is -2.03. The van der Waals surface area contributed by atoms with Gasteiger partial charge in [-0.3, -0.25) is 0 Å². The van der Waals surface area contributed by atoms with E-state index in [1.807, 2.05) is 0 Å². The summed E-state index contributed by atoms with van der Waals surface area (Å²) in [6.07, 6.45) is 1.49. The molecule has 0 fully saturated rings. The Kier molecular flexibility index (Phi) is 4.62. The standard InChI is InChI=1S/C14H9BrIN3O4S/c15-9-1-6-13-17-12(14(19(20)21)18(13)7-9)8-24(22,23)11-4-2-10(16)3-5-11/h1-7H,8H2. The van der Waals surface area contributed by atoms with Gasteiger partial charge < -0.3 is 10.1 Å². The predicted molar refractivity (Wildman–Crippen MR) is 99.6 cm³/mol. The predicted octanol–water partition coefficient (Wildman–Crippen LogP) is 3.58. The van der Waals surface area contributed by atoms with Gasteiger partial charge in [0.1, 0.15) is 11.9 Å². The van der Waals surface area contributed by atoms with Crippen molar-refractivity contribution in [3.05, 3.63) is 66.4 Å². The molecule has 124 valence electrons. The largest absolute Gasteiger partial charge is 0.358 e. The number of pyridine rings is 1. The number of halogens is 2. The van der Waals surface area contributed by atoms with Crippen molar-refractivity contribution in [2.45, 2.75) is 10.6 Å². The molecule has 10 heteroatoms. The molecule has 2 aromatic heterocycles. The Morgan fingerprint density at radius 2 is 1.88 bits per heavy atom. The first-order valence-electron chi connectivity index (χ1n) is 6.57. The Bertz CT molecular complexity index is 1050. The van der Waals surface area contributed by atoms with Crippen molar-refractivity contribution in [3.63, 3.8) is 0 Å². The van der Waals surface area contributed by atoms with Crippen LogP contribution in [0.3, 0.4) is 0 Å². The molecule has 0 saturated carbocycles. The average Bonchev–Trinajstić information content (AvgIpc) is 2.84. The zero-order valence-electron chi connectivity index (χ0n) is 11.9. The molecule has 3 aromatic rings. The molecule has 1 aromatic carbocycles. The van der Waals surface area contributed by atoms with Crippen LogP contribution in [0.4, 0.5) is 5.82 Å². The fourth-order valence-corrected chi connectivity index (χ4v) is 4.22. The van der Waals surface area contributed by atoms with Crippen LogP contribution >= 0.6 is 38.5 Å². The van der Waals surface area contributed by atoms with E-state index in [0.717, 1.165) is 3.57 Å². The Morgan fingerprint density at radius 3 is 2.50 bits per heavy atom. The number of hydrogen-bond donors (Lipinski definition) is 0. The number of fused-ring (bicyclic) bond motifs is 1. The molecule has 24 heavy (non-hydrogen) atoms. The molecule has 0 saturated heterocycles. The number of nitrogens with zero attached hydrogens (tertiary/aromatic N) is 3. The third-order valence-corrected chi connectivity index (χ3v) is 6.13. The molecular weight excluding hydrogens is 513 g/mol. The SMILES string of the molecule is O=[N+]([O-])c1c(CS(=O)(=O)c2ccc(I)cc2)nc2ccc(Br)cn12. The van der Waals surface area contributed by atoms with E-state index in [-0.39, 0.29) is 16.4 Å². The van der Waals surface area contributed by atoms with E-state index in [1.54, 1.807) is 24.3 Å². The van der Waals surface area contributed by atoms with Crippen LogP contribution in [0.2, 0.25) is 0 Å². The number of aromatic nitrogens is 2. The van der Waals surface area contributed by atoms with Gasteiger partial charge in [-0.2, -0.15) is 4.40 Å². The molecule has 2 heterocycles.